The molecule has 0 aliphatic carbocycles. The van der Waals surface area contributed by atoms with Gasteiger partial charge < -0.3 is 19.7 Å². The van der Waals surface area contributed by atoms with Gasteiger partial charge in [0.2, 0.25) is 0 Å². The van der Waals surface area contributed by atoms with Gasteiger partial charge in [0.25, 0.3) is 0 Å². The molecule has 6 nitrogen and oxygen atoms in total. The summed E-state index contributed by atoms with van der Waals surface area (Å²) in [5.74, 6) is 0.366. The molecule has 6 heteroatoms. The predicted octanol–water partition coefficient (Wildman–Crippen LogP) is 1.83. The quantitative estimate of drug-likeness (QED) is 0.524. The van der Waals surface area contributed by atoms with Gasteiger partial charge >= 0.3 is 12.3 Å². The van der Waals surface area contributed by atoms with Crippen LogP contribution in [0.1, 0.15) is 6.42 Å². The van der Waals surface area contributed by atoms with E-state index < -0.39 is 12.3 Å². The summed E-state index contributed by atoms with van der Waals surface area (Å²) >= 11 is 0. The van der Waals surface area contributed by atoms with Gasteiger partial charge in [0.15, 0.2) is 6.10 Å². The van der Waals surface area contributed by atoms with Crippen molar-refractivity contribution in [1.82, 2.24) is 0 Å². The minimum atomic E-state index is -1.83. The minimum absolute atomic E-state index is 0.329. The maximum Gasteiger partial charge on any atom is 0.514 e. The lowest BCUT2D eigenvalue weighted by Gasteiger charge is -2.00. The van der Waals surface area contributed by atoms with Crippen molar-refractivity contribution in [2.45, 2.75) is 12.5 Å². The molecule has 2 N–H and O–H groups in total. The van der Waals surface area contributed by atoms with Gasteiger partial charge in [0, 0.05) is 6.42 Å². The van der Waals surface area contributed by atoms with Gasteiger partial charge in [0.05, 0.1) is 0 Å². The van der Waals surface area contributed by atoms with Gasteiger partial charge in [-0.15, -0.1) is 6.58 Å². The number of hydrogen-bond acceptors (Lipinski definition) is 4. The lowest BCUT2D eigenvalue weighted by atomic mass is 10.2. The maximum atomic E-state index is 10.4. The van der Waals surface area contributed by atoms with E-state index in [9.17, 15) is 4.79 Å². The molecule has 0 aromatic rings. The van der Waals surface area contributed by atoms with Gasteiger partial charge in [-0.25, -0.2) is 9.59 Å². The van der Waals surface area contributed by atoms with Crippen LogP contribution in [0.4, 0.5) is 9.59 Å². The highest BCUT2D eigenvalue weighted by Gasteiger charge is 2.28. The second-order valence-corrected chi connectivity index (χ2v) is 2.23. The zero-order valence-electron chi connectivity index (χ0n) is 7.30. The Morgan fingerprint density at radius 1 is 1.57 bits per heavy atom. The van der Waals surface area contributed by atoms with Crippen molar-refractivity contribution in [1.29, 1.82) is 0 Å². The first-order chi connectivity index (χ1) is 6.47. The molecule has 78 valence electrons. The van der Waals surface area contributed by atoms with Crippen molar-refractivity contribution in [3.05, 3.63) is 25.0 Å². The van der Waals surface area contributed by atoms with E-state index in [0.29, 0.717) is 12.2 Å². The molecule has 1 unspecified atom stereocenters. The largest absolute Gasteiger partial charge is 0.514 e. The van der Waals surface area contributed by atoms with Crippen molar-refractivity contribution < 1.29 is 29.3 Å². The third kappa shape index (κ3) is 4.81. The molecule has 0 aromatic carbocycles. The number of rotatable bonds is 2. The molecule has 0 aromatic heterocycles. The van der Waals surface area contributed by atoms with Crippen LogP contribution in [0.2, 0.25) is 0 Å². The molecule has 0 radical (unpaired) electrons. The smallest absolute Gasteiger partial charge is 0.450 e. The average Bonchev–Trinajstić information content (AvgIpc) is 2.30. The summed E-state index contributed by atoms with van der Waals surface area (Å²) in [6.07, 6.45) is -0.621. The number of carbonyl (C=O) groups is 2. The maximum absolute atomic E-state index is 10.4. The number of cyclic esters (lactones) is 2. The van der Waals surface area contributed by atoms with E-state index in [1.54, 1.807) is 6.08 Å². The first kappa shape index (κ1) is 12.0. The van der Waals surface area contributed by atoms with Crippen molar-refractivity contribution in [3.8, 4) is 0 Å². The summed E-state index contributed by atoms with van der Waals surface area (Å²) in [7, 11) is 0. The van der Waals surface area contributed by atoms with Gasteiger partial charge in [0.1, 0.15) is 5.76 Å². The fourth-order valence-electron chi connectivity index (χ4n) is 0.710. The molecule has 0 saturated carbocycles. The normalized spacial score (nSPS) is 18.7. The van der Waals surface area contributed by atoms with Crippen LogP contribution in [-0.2, 0) is 9.47 Å². The fraction of sp³-hybridized carbons (Fsp3) is 0.250. The molecule has 1 rings (SSSR count). The first-order valence-electron chi connectivity index (χ1n) is 3.57. The summed E-state index contributed by atoms with van der Waals surface area (Å²) in [4.78, 5) is 19.0. The van der Waals surface area contributed by atoms with Gasteiger partial charge in [-0.1, -0.05) is 12.7 Å². The number of carboxylic acid groups (broad SMARTS) is 2. The Morgan fingerprint density at radius 3 is 2.36 bits per heavy atom. The second kappa shape index (κ2) is 5.63. The van der Waals surface area contributed by atoms with E-state index in [4.69, 9.17) is 15.0 Å². The highest BCUT2D eigenvalue weighted by molar-refractivity contribution is 5.64. The molecular formula is C8H10O6. The van der Waals surface area contributed by atoms with Crippen molar-refractivity contribution in [2.24, 2.45) is 0 Å². The van der Waals surface area contributed by atoms with Crippen LogP contribution in [0, 0.1) is 0 Å². The van der Waals surface area contributed by atoms with E-state index in [0.717, 1.165) is 0 Å². The van der Waals surface area contributed by atoms with E-state index >= 15 is 0 Å². The Balaban J connectivity index is 0.000000364. The SMILES string of the molecule is C=CCC1OC(=O)OC1=C.O=C(O)O. The highest BCUT2D eigenvalue weighted by Crippen LogP contribution is 2.19. The molecule has 1 aliphatic heterocycles. The summed E-state index contributed by atoms with van der Waals surface area (Å²) in [5, 5.41) is 13.9. The Labute approximate surface area is 80.1 Å². The highest BCUT2D eigenvalue weighted by atomic mass is 16.8. The average molecular weight is 202 g/mol. The lowest BCUT2D eigenvalue weighted by molar-refractivity contribution is 0.119. The Kier molecular flexibility index (Phi) is 4.83. The summed E-state index contributed by atoms with van der Waals surface area (Å²) < 4.78 is 9.21. The molecule has 0 amide bonds. The van der Waals surface area contributed by atoms with E-state index in [1.807, 2.05) is 0 Å². The van der Waals surface area contributed by atoms with Gasteiger partial charge in [-0.2, -0.15) is 0 Å². The Hall–Kier alpha value is -1.98. The molecule has 1 fully saturated rings. The van der Waals surface area contributed by atoms with Crippen LogP contribution in [0.5, 0.6) is 0 Å². The molecule has 0 bridgehead atoms. The van der Waals surface area contributed by atoms with Crippen molar-refractivity contribution >= 4 is 12.3 Å². The van der Waals surface area contributed by atoms with Crippen molar-refractivity contribution in [3.63, 3.8) is 0 Å². The van der Waals surface area contributed by atoms with E-state index in [2.05, 4.69) is 22.6 Å². The summed E-state index contributed by atoms with van der Waals surface area (Å²) in [5.41, 5.74) is 0. The number of hydrogen-bond donors (Lipinski definition) is 2. The van der Waals surface area contributed by atoms with Crippen LogP contribution in [0.15, 0.2) is 25.0 Å². The third-order valence-electron chi connectivity index (χ3n) is 1.19. The number of ether oxygens (including phenoxy) is 2. The van der Waals surface area contributed by atoms with Crippen LogP contribution < -0.4 is 0 Å². The third-order valence-corrected chi connectivity index (χ3v) is 1.19. The number of carbonyl (C=O) groups excluding carboxylic acids is 1. The van der Waals surface area contributed by atoms with Gasteiger partial charge in [-0.3, -0.25) is 0 Å². The first-order valence-corrected chi connectivity index (χ1v) is 3.57. The summed E-state index contributed by atoms with van der Waals surface area (Å²) in [6.45, 7) is 6.98. The van der Waals surface area contributed by atoms with Crippen LogP contribution in [0.25, 0.3) is 0 Å². The van der Waals surface area contributed by atoms with Crippen molar-refractivity contribution in [2.75, 3.05) is 0 Å². The minimum Gasteiger partial charge on any atom is -0.450 e. The zero-order chi connectivity index (χ0) is 11.1. The molecule has 14 heavy (non-hydrogen) atoms. The lowest BCUT2D eigenvalue weighted by Crippen LogP contribution is -2.05. The van der Waals surface area contributed by atoms with Crippen LogP contribution >= 0.6 is 0 Å². The van der Waals surface area contributed by atoms with E-state index in [-0.39, 0.29) is 6.10 Å². The van der Waals surface area contributed by atoms with Gasteiger partial charge in [-0.05, 0) is 0 Å². The molecule has 0 spiro atoms. The molecule has 1 aliphatic rings. The fourth-order valence-corrected chi connectivity index (χ4v) is 0.710. The van der Waals surface area contributed by atoms with Crippen LogP contribution in [-0.4, -0.2) is 28.6 Å². The molecule has 1 saturated heterocycles. The second-order valence-electron chi connectivity index (χ2n) is 2.23. The summed E-state index contributed by atoms with van der Waals surface area (Å²) in [6, 6.07) is 0. The Bertz CT molecular complexity index is 253. The molecule has 1 atom stereocenters. The van der Waals surface area contributed by atoms with E-state index in [1.165, 1.54) is 0 Å². The monoisotopic (exact) mass is 202 g/mol. The van der Waals surface area contributed by atoms with Crippen LogP contribution in [0.3, 0.4) is 0 Å². The predicted molar refractivity (Wildman–Crippen MR) is 46.0 cm³/mol. The molecular weight excluding hydrogens is 192 g/mol. The Morgan fingerprint density at radius 2 is 2.07 bits per heavy atom. The zero-order valence-corrected chi connectivity index (χ0v) is 7.30. The molecule has 1 heterocycles. The standard InChI is InChI=1S/C7H8O3.CH2O3/c1-3-4-6-5(2)9-7(8)10-6;2-1(3)4/h3,6H,1-2,4H2;(H2,2,3,4). The topological polar surface area (TPSA) is 93.1 Å².